The van der Waals surface area contributed by atoms with E-state index in [1.165, 1.54) is 6.07 Å². The van der Waals surface area contributed by atoms with Gasteiger partial charge in [-0.25, -0.2) is 0 Å². The number of benzene rings is 1. The highest BCUT2D eigenvalue weighted by Gasteiger charge is 2.08. The molecule has 0 heterocycles. The van der Waals surface area contributed by atoms with Crippen molar-refractivity contribution in [3.05, 3.63) is 21.6 Å². The smallest absolute Gasteiger partial charge is 0.255 e. The van der Waals surface area contributed by atoms with E-state index in [0.717, 1.165) is 0 Å². The minimum Gasteiger partial charge on any atom is -0.480 e. The van der Waals surface area contributed by atoms with E-state index in [0.29, 0.717) is 20.9 Å². The number of nitrogens with two attached hydrogens (primary N) is 2. The van der Waals surface area contributed by atoms with Crippen LogP contribution in [0.5, 0.6) is 5.75 Å². The van der Waals surface area contributed by atoms with Crippen LogP contribution in [0, 0.1) is 0 Å². The Balaban J connectivity index is 2.91. The molecule has 0 saturated heterocycles. The van der Waals surface area contributed by atoms with Crippen LogP contribution in [0.4, 0.5) is 5.69 Å². The maximum Gasteiger partial charge on any atom is 0.255 e. The fraction of sp³-hybridized carbons (Fsp3) is 0.125. The Morgan fingerprint density at radius 2 is 2.21 bits per heavy atom. The van der Waals surface area contributed by atoms with E-state index < -0.39 is 5.91 Å². The van der Waals surface area contributed by atoms with E-state index in [1.54, 1.807) is 6.07 Å². The number of anilines is 1. The van der Waals surface area contributed by atoms with Gasteiger partial charge < -0.3 is 16.2 Å². The van der Waals surface area contributed by atoms with Crippen molar-refractivity contribution in [2.24, 2.45) is 5.73 Å². The van der Waals surface area contributed by atoms with Crippen LogP contribution in [-0.2, 0) is 4.79 Å². The largest absolute Gasteiger partial charge is 0.480 e. The molecule has 1 aromatic rings. The summed E-state index contributed by atoms with van der Waals surface area (Å²) in [5.41, 5.74) is 10.9. The molecule has 76 valence electrons. The fourth-order valence-corrected chi connectivity index (χ4v) is 1.82. The Morgan fingerprint density at radius 1 is 1.57 bits per heavy atom. The summed E-state index contributed by atoms with van der Waals surface area (Å²) in [6.45, 7) is -0.218. The lowest BCUT2D eigenvalue weighted by molar-refractivity contribution is -0.119. The summed E-state index contributed by atoms with van der Waals surface area (Å²) >= 11 is 8.93. The number of rotatable bonds is 3. The molecule has 0 aliphatic carbocycles. The molecule has 0 saturated carbocycles. The molecule has 0 unspecified atom stereocenters. The normalized spacial score (nSPS) is 9.86. The Bertz CT molecular complexity index is 347. The molecule has 0 fully saturated rings. The lowest BCUT2D eigenvalue weighted by Crippen LogP contribution is -2.20. The zero-order chi connectivity index (χ0) is 10.7. The van der Waals surface area contributed by atoms with Gasteiger partial charge in [0.1, 0.15) is 0 Å². The zero-order valence-corrected chi connectivity index (χ0v) is 9.43. The second-order valence-electron chi connectivity index (χ2n) is 2.56. The minimum absolute atomic E-state index is 0.218. The van der Waals surface area contributed by atoms with Gasteiger partial charge in [0, 0.05) is 5.02 Å². The summed E-state index contributed by atoms with van der Waals surface area (Å²) in [5, 5.41) is 0.487. The van der Waals surface area contributed by atoms with E-state index in [9.17, 15) is 4.79 Å². The van der Waals surface area contributed by atoms with Gasteiger partial charge in [-0.15, -0.1) is 0 Å². The van der Waals surface area contributed by atoms with Crippen molar-refractivity contribution in [1.82, 2.24) is 0 Å². The van der Waals surface area contributed by atoms with Crippen LogP contribution in [-0.4, -0.2) is 12.5 Å². The van der Waals surface area contributed by atoms with Crippen LogP contribution >= 0.6 is 27.5 Å². The monoisotopic (exact) mass is 278 g/mol. The van der Waals surface area contributed by atoms with E-state index in [2.05, 4.69) is 15.9 Å². The van der Waals surface area contributed by atoms with Crippen LogP contribution in [0.1, 0.15) is 0 Å². The summed E-state index contributed by atoms with van der Waals surface area (Å²) in [7, 11) is 0. The summed E-state index contributed by atoms with van der Waals surface area (Å²) < 4.78 is 5.67. The fourth-order valence-electron chi connectivity index (χ4n) is 0.876. The van der Waals surface area contributed by atoms with Crippen LogP contribution in [0.3, 0.4) is 0 Å². The number of ether oxygens (including phenoxy) is 1. The Labute approximate surface area is 94.3 Å². The van der Waals surface area contributed by atoms with E-state index in [-0.39, 0.29) is 6.61 Å². The Kier molecular flexibility index (Phi) is 3.60. The topological polar surface area (TPSA) is 78.3 Å². The second-order valence-corrected chi connectivity index (χ2v) is 3.85. The van der Waals surface area contributed by atoms with E-state index >= 15 is 0 Å². The molecule has 0 aliphatic rings. The van der Waals surface area contributed by atoms with Gasteiger partial charge in [0.15, 0.2) is 12.4 Å². The van der Waals surface area contributed by atoms with Crippen LogP contribution in [0.25, 0.3) is 0 Å². The number of halogens is 2. The highest BCUT2D eigenvalue weighted by Crippen LogP contribution is 2.34. The van der Waals surface area contributed by atoms with Crippen molar-refractivity contribution in [1.29, 1.82) is 0 Å². The van der Waals surface area contributed by atoms with Crippen molar-refractivity contribution in [3.63, 3.8) is 0 Å². The molecule has 1 rings (SSSR count). The predicted octanol–water partition coefficient (Wildman–Crippen LogP) is 1.55. The quantitative estimate of drug-likeness (QED) is 0.824. The van der Waals surface area contributed by atoms with Gasteiger partial charge in [0.2, 0.25) is 0 Å². The Hall–Kier alpha value is -0.940. The molecule has 14 heavy (non-hydrogen) atoms. The first-order chi connectivity index (χ1) is 6.50. The van der Waals surface area contributed by atoms with Gasteiger partial charge in [0.05, 0.1) is 10.2 Å². The highest BCUT2D eigenvalue weighted by molar-refractivity contribution is 9.10. The molecule has 0 aliphatic heterocycles. The standard InChI is InChI=1S/C8H8BrClN2O2/c9-5-1-4(10)2-6(11)8(5)14-3-7(12)13/h1-2H,3,11H2,(H2,12,13). The molecule has 0 aromatic heterocycles. The van der Waals surface area contributed by atoms with Crippen molar-refractivity contribution in [2.45, 2.75) is 0 Å². The number of nitrogen functional groups attached to an aromatic ring is 1. The first-order valence-electron chi connectivity index (χ1n) is 3.66. The third-order valence-electron chi connectivity index (χ3n) is 1.40. The molecular weight excluding hydrogens is 271 g/mol. The number of amides is 1. The lowest BCUT2D eigenvalue weighted by atomic mass is 10.3. The number of carbonyl (C=O) groups is 1. The molecule has 0 atom stereocenters. The van der Waals surface area contributed by atoms with Gasteiger partial charge >= 0.3 is 0 Å². The number of carbonyl (C=O) groups excluding carboxylic acids is 1. The first kappa shape index (κ1) is 11.1. The van der Waals surface area contributed by atoms with Crippen LogP contribution in [0.2, 0.25) is 5.02 Å². The molecule has 1 aromatic carbocycles. The van der Waals surface area contributed by atoms with Crippen molar-refractivity contribution in [2.75, 3.05) is 12.3 Å². The van der Waals surface area contributed by atoms with Gasteiger partial charge in [-0.2, -0.15) is 0 Å². The van der Waals surface area contributed by atoms with Gasteiger partial charge in [0.25, 0.3) is 5.91 Å². The summed E-state index contributed by atoms with van der Waals surface area (Å²) in [6, 6.07) is 3.15. The van der Waals surface area contributed by atoms with Gasteiger partial charge in [-0.1, -0.05) is 11.6 Å². The summed E-state index contributed by atoms with van der Waals surface area (Å²) in [5.74, 6) is -0.195. The number of hydrogen-bond acceptors (Lipinski definition) is 3. The number of primary amides is 1. The minimum atomic E-state index is -0.564. The molecule has 0 bridgehead atoms. The third-order valence-corrected chi connectivity index (χ3v) is 2.20. The van der Waals surface area contributed by atoms with Crippen molar-refractivity contribution in [3.8, 4) is 5.75 Å². The molecule has 0 spiro atoms. The SMILES string of the molecule is NC(=O)COc1c(N)cc(Cl)cc1Br. The Morgan fingerprint density at radius 3 is 2.71 bits per heavy atom. The van der Waals surface area contributed by atoms with Crippen LogP contribution in [0.15, 0.2) is 16.6 Å². The molecule has 4 N–H and O–H groups in total. The molecule has 4 nitrogen and oxygen atoms in total. The third kappa shape index (κ3) is 2.78. The summed E-state index contributed by atoms with van der Waals surface area (Å²) in [4.78, 5) is 10.5. The zero-order valence-electron chi connectivity index (χ0n) is 7.09. The average molecular weight is 280 g/mol. The maximum absolute atomic E-state index is 10.5. The van der Waals surface area contributed by atoms with E-state index in [4.69, 9.17) is 27.8 Å². The van der Waals surface area contributed by atoms with E-state index in [1.807, 2.05) is 0 Å². The average Bonchev–Trinajstić information content (AvgIpc) is 2.01. The molecule has 0 radical (unpaired) electrons. The highest BCUT2D eigenvalue weighted by atomic mass is 79.9. The summed E-state index contributed by atoms with van der Waals surface area (Å²) in [6.07, 6.45) is 0. The van der Waals surface area contributed by atoms with Gasteiger partial charge in [-0.3, -0.25) is 4.79 Å². The van der Waals surface area contributed by atoms with Crippen molar-refractivity contribution < 1.29 is 9.53 Å². The van der Waals surface area contributed by atoms with Crippen LogP contribution < -0.4 is 16.2 Å². The van der Waals surface area contributed by atoms with Gasteiger partial charge in [-0.05, 0) is 28.1 Å². The predicted molar refractivity (Wildman–Crippen MR) is 58.3 cm³/mol. The number of hydrogen-bond donors (Lipinski definition) is 2. The first-order valence-corrected chi connectivity index (χ1v) is 4.83. The molecule has 6 heteroatoms. The van der Waals surface area contributed by atoms with Crippen molar-refractivity contribution >= 4 is 39.1 Å². The maximum atomic E-state index is 10.5. The second kappa shape index (κ2) is 4.52. The molecular formula is C8H8BrClN2O2. The molecule has 1 amide bonds. The lowest BCUT2D eigenvalue weighted by Gasteiger charge is -2.09.